The number of carbonyl (C=O) groups excluding carboxylic acids is 4. The first kappa shape index (κ1) is 22.0. The number of rotatable bonds is 11. The Labute approximate surface area is 140 Å². The Balaban J connectivity index is 0. The van der Waals surface area contributed by atoms with Gasteiger partial charge in [-0.15, -0.1) is 0 Å². The molecule has 0 N–H and O–H groups in total. The second kappa shape index (κ2) is 11.4. The smallest absolute Gasteiger partial charge is 0.0555 e. The Kier molecular flexibility index (Phi) is 11.9. The van der Waals surface area contributed by atoms with Crippen molar-refractivity contribution in [2.24, 2.45) is 0 Å². The average molecular weight is 495 g/mol. The molecule has 0 unspecified atom stereocenters. The van der Waals surface area contributed by atoms with Gasteiger partial charge in [-0.1, -0.05) is 0 Å². The molecule has 0 aromatic carbocycles. The molecule has 0 bridgehead atoms. The molecule has 0 aromatic heterocycles. The van der Waals surface area contributed by atoms with Gasteiger partial charge in [0.05, 0.1) is 23.9 Å². The van der Waals surface area contributed by atoms with E-state index in [0.717, 1.165) is 9.80 Å². The second-order valence-corrected chi connectivity index (χ2v) is 3.91. The van der Waals surface area contributed by atoms with Crippen LogP contribution in [0, 0.1) is 0 Å². The van der Waals surface area contributed by atoms with E-state index in [1.165, 1.54) is 0 Å². The first-order valence-electron chi connectivity index (χ1n) is 5.44. The minimum absolute atomic E-state index is 0. The summed E-state index contributed by atoms with van der Waals surface area (Å²) in [4.78, 5) is 43.4. The molecule has 0 aliphatic rings. The van der Waals surface area contributed by atoms with Crippen LogP contribution in [0.25, 0.3) is 0 Å². The summed E-state index contributed by atoms with van der Waals surface area (Å²) in [6, 6.07) is 0. The van der Waals surface area contributed by atoms with Crippen molar-refractivity contribution in [1.29, 1.82) is 0 Å². The minimum atomic E-state index is -1.53. The van der Waals surface area contributed by atoms with E-state index in [4.69, 9.17) is 0 Å². The fourth-order valence-electron chi connectivity index (χ4n) is 1.44. The Morgan fingerprint density at radius 2 is 0.762 bits per heavy atom. The van der Waals surface area contributed by atoms with E-state index in [0.29, 0.717) is 0 Å². The molecular formula is C10H12N2O8Pb-4. The van der Waals surface area contributed by atoms with Crippen molar-refractivity contribution in [3.05, 3.63) is 0 Å². The van der Waals surface area contributed by atoms with Crippen LogP contribution >= 0.6 is 0 Å². The van der Waals surface area contributed by atoms with Crippen molar-refractivity contribution >= 4 is 51.2 Å². The fourth-order valence-corrected chi connectivity index (χ4v) is 1.44. The molecule has 0 atom stereocenters. The zero-order chi connectivity index (χ0) is 15.7. The Morgan fingerprint density at radius 3 is 0.905 bits per heavy atom. The predicted octanol–water partition coefficient (Wildman–Crippen LogP) is -7.79. The van der Waals surface area contributed by atoms with Crippen molar-refractivity contribution in [2.45, 2.75) is 0 Å². The number of hydrogen-bond acceptors (Lipinski definition) is 10. The molecule has 11 heteroatoms. The molecule has 0 aliphatic heterocycles. The van der Waals surface area contributed by atoms with Crippen molar-refractivity contribution in [3.63, 3.8) is 0 Å². The van der Waals surface area contributed by atoms with Crippen LogP contribution in [0.2, 0.25) is 0 Å². The molecule has 0 fully saturated rings. The van der Waals surface area contributed by atoms with Gasteiger partial charge in [0.2, 0.25) is 0 Å². The van der Waals surface area contributed by atoms with E-state index in [9.17, 15) is 39.6 Å². The molecule has 21 heavy (non-hydrogen) atoms. The maximum atomic E-state index is 10.4. The summed E-state index contributed by atoms with van der Waals surface area (Å²) < 4.78 is 0. The standard InChI is InChI=1S/C10H16N2O8.Pb/c13-7(14)3-11(4-8(15)16)1-2-12(5-9(17)18)6-10(19)20;/h1-6H2,(H,13,14)(H,15,16)(H,17,18)(H,19,20);/p-4. The largest absolute Gasteiger partial charge is 0.549 e. The van der Waals surface area contributed by atoms with E-state index in [-0.39, 0.29) is 40.4 Å². The molecule has 118 valence electrons. The first-order valence-corrected chi connectivity index (χ1v) is 5.44. The number of carboxylic acid groups (broad SMARTS) is 4. The zero-order valence-electron chi connectivity index (χ0n) is 10.9. The zero-order valence-corrected chi connectivity index (χ0v) is 14.8. The van der Waals surface area contributed by atoms with Crippen LogP contribution in [0.5, 0.6) is 0 Å². The molecule has 10 nitrogen and oxygen atoms in total. The maximum absolute atomic E-state index is 10.4. The monoisotopic (exact) mass is 496 g/mol. The van der Waals surface area contributed by atoms with Crippen molar-refractivity contribution in [2.75, 3.05) is 39.3 Å². The summed E-state index contributed by atoms with van der Waals surface area (Å²) in [5.74, 6) is -6.12. The van der Waals surface area contributed by atoms with E-state index < -0.39 is 50.1 Å². The van der Waals surface area contributed by atoms with Gasteiger partial charge in [-0.05, 0) is 0 Å². The molecule has 0 rings (SSSR count). The van der Waals surface area contributed by atoms with Crippen LogP contribution < -0.4 is 20.4 Å². The van der Waals surface area contributed by atoms with Gasteiger partial charge >= 0.3 is 0 Å². The molecule has 0 saturated carbocycles. The van der Waals surface area contributed by atoms with E-state index in [1.807, 2.05) is 0 Å². The molecule has 0 spiro atoms. The summed E-state index contributed by atoms with van der Waals surface area (Å²) in [6.45, 7) is -3.25. The normalized spacial score (nSPS) is 10.2. The van der Waals surface area contributed by atoms with Gasteiger partial charge in [-0.2, -0.15) is 0 Å². The van der Waals surface area contributed by atoms with Crippen molar-refractivity contribution in [1.82, 2.24) is 9.80 Å². The van der Waals surface area contributed by atoms with Gasteiger partial charge in [0.1, 0.15) is 0 Å². The third kappa shape index (κ3) is 13.5. The maximum Gasteiger partial charge on any atom is 0.0555 e. The van der Waals surface area contributed by atoms with E-state index in [2.05, 4.69) is 0 Å². The van der Waals surface area contributed by atoms with Crippen molar-refractivity contribution < 1.29 is 39.6 Å². The van der Waals surface area contributed by atoms with Crippen molar-refractivity contribution in [3.8, 4) is 0 Å². The Morgan fingerprint density at radius 1 is 0.571 bits per heavy atom. The molecule has 0 aromatic rings. The van der Waals surface area contributed by atoms with Gasteiger partial charge < -0.3 is 39.6 Å². The summed E-state index contributed by atoms with van der Waals surface area (Å²) in [5.41, 5.74) is 0. The summed E-state index contributed by atoms with van der Waals surface area (Å²) in [6.07, 6.45) is 0. The summed E-state index contributed by atoms with van der Waals surface area (Å²) >= 11 is 0. The molecule has 4 radical (unpaired) electrons. The van der Waals surface area contributed by atoms with Crippen LogP contribution in [-0.2, 0) is 19.2 Å². The van der Waals surface area contributed by atoms with Gasteiger partial charge in [0.25, 0.3) is 0 Å². The van der Waals surface area contributed by atoms with Crippen LogP contribution in [0.1, 0.15) is 0 Å². The molecule has 0 aliphatic carbocycles. The Hall–Kier alpha value is -1.28. The van der Waals surface area contributed by atoms with Crippen LogP contribution in [0.4, 0.5) is 0 Å². The number of carbonyl (C=O) groups is 4. The topological polar surface area (TPSA) is 167 Å². The van der Waals surface area contributed by atoms with Crippen LogP contribution in [0.3, 0.4) is 0 Å². The molecular weight excluding hydrogens is 483 g/mol. The van der Waals surface area contributed by atoms with Crippen LogP contribution in [-0.4, -0.2) is 100 Å². The van der Waals surface area contributed by atoms with Gasteiger partial charge in [0, 0.05) is 66.6 Å². The number of carboxylic acids is 4. The number of aliphatic carboxylic acids is 4. The molecule has 0 amide bonds. The second-order valence-electron chi connectivity index (χ2n) is 3.91. The third-order valence-electron chi connectivity index (χ3n) is 2.14. The SMILES string of the molecule is O=C([O-])CN(CCN(CC(=O)[O-])CC(=O)[O-])CC(=O)[O-].[Pb]. The first-order chi connectivity index (χ1) is 9.20. The fraction of sp³-hybridized carbons (Fsp3) is 0.600. The predicted molar refractivity (Wildman–Crippen MR) is 58.7 cm³/mol. The van der Waals surface area contributed by atoms with Crippen LogP contribution in [0.15, 0.2) is 0 Å². The summed E-state index contributed by atoms with van der Waals surface area (Å²) in [5, 5.41) is 41.6. The average Bonchev–Trinajstić information content (AvgIpc) is 2.22. The third-order valence-corrected chi connectivity index (χ3v) is 2.14. The minimum Gasteiger partial charge on any atom is -0.549 e. The van der Waals surface area contributed by atoms with Gasteiger partial charge in [-0.3, -0.25) is 9.80 Å². The summed E-state index contributed by atoms with van der Waals surface area (Å²) in [7, 11) is 0. The van der Waals surface area contributed by atoms with E-state index in [1.54, 1.807) is 0 Å². The van der Waals surface area contributed by atoms with Gasteiger partial charge in [-0.25, -0.2) is 0 Å². The Bertz CT molecular complexity index is 321. The van der Waals surface area contributed by atoms with Gasteiger partial charge in [0.15, 0.2) is 0 Å². The number of hydrogen-bond donors (Lipinski definition) is 0. The van der Waals surface area contributed by atoms with E-state index >= 15 is 0 Å². The number of nitrogens with zero attached hydrogens (tertiary/aromatic N) is 2. The molecule has 0 heterocycles. The molecule has 0 saturated heterocycles. The quantitative estimate of drug-likeness (QED) is 0.251.